The SMILES string of the molecule is C[C@H](C(=O)Nc1ccc(F)cc1F)N1CCC(C(=O)N2CCOCC2)CC1. The molecule has 3 rings (SSSR count). The first-order valence-electron chi connectivity index (χ1n) is 9.32. The van der Waals surface area contributed by atoms with Crippen molar-refractivity contribution < 1.29 is 23.1 Å². The third-order valence-corrected chi connectivity index (χ3v) is 5.32. The lowest BCUT2D eigenvalue weighted by molar-refractivity contribution is -0.141. The van der Waals surface area contributed by atoms with E-state index in [4.69, 9.17) is 4.74 Å². The largest absolute Gasteiger partial charge is 0.378 e. The lowest BCUT2D eigenvalue weighted by Gasteiger charge is -2.37. The fourth-order valence-electron chi connectivity index (χ4n) is 3.57. The topological polar surface area (TPSA) is 61.9 Å². The fraction of sp³-hybridized carbons (Fsp3) is 0.579. The maximum Gasteiger partial charge on any atom is 0.241 e. The van der Waals surface area contributed by atoms with E-state index in [9.17, 15) is 18.4 Å². The van der Waals surface area contributed by atoms with Crippen LogP contribution in [0.15, 0.2) is 18.2 Å². The zero-order valence-corrected chi connectivity index (χ0v) is 15.4. The molecular formula is C19H25F2N3O3. The van der Waals surface area contributed by atoms with Crippen LogP contribution in [0.5, 0.6) is 0 Å². The molecule has 0 spiro atoms. The quantitative estimate of drug-likeness (QED) is 0.865. The van der Waals surface area contributed by atoms with Crippen molar-refractivity contribution >= 4 is 17.5 Å². The third kappa shape index (κ3) is 4.81. The third-order valence-electron chi connectivity index (χ3n) is 5.32. The summed E-state index contributed by atoms with van der Waals surface area (Å²) in [6, 6.07) is 2.59. The van der Waals surface area contributed by atoms with Gasteiger partial charge >= 0.3 is 0 Å². The first-order valence-corrected chi connectivity index (χ1v) is 9.32. The molecule has 0 radical (unpaired) electrons. The summed E-state index contributed by atoms with van der Waals surface area (Å²) in [7, 11) is 0. The van der Waals surface area contributed by atoms with Gasteiger partial charge in [-0.25, -0.2) is 8.78 Å². The number of carbonyl (C=O) groups is 2. The van der Waals surface area contributed by atoms with Gasteiger partial charge in [0, 0.05) is 25.1 Å². The van der Waals surface area contributed by atoms with Gasteiger partial charge in [0.25, 0.3) is 0 Å². The van der Waals surface area contributed by atoms with Gasteiger partial charge in [-0.1, -0.05) is 0 Å². The zero-order valence-electron chi connectivity index (χ0n) is 15.4. The van der Waals surface area contributed by atoms with E-state index in [1.54, 1.807) is 6.92 Å². The second kappa shape index (κ2) is 8.75. The number of piperidine rings is 1. The Morgan fingerprint density at radius 2 is 1.81 bits per heavy atom. The highest BCUT2D eigenvalue weighted by Crippen LogP contribution is 2.23. The Balaban J connectivity index is 1.50. The van der Waals surface area contributed by atoms with Crippen molar-refractivity contribution in [3.05, 3.63) is 29.8 Å². The first kappa shape index (κ1) is 19.7. The van der Waals surface area contributed by atoms with Crippen molar-refractivity contribution in [2.75, 3.05) is 44.7 Å². The van der Waals surface area contributed by atoms with E-state index < -0.39 is 17.7 Å². The number of halogens is 2. The van der Waals surface area contributed by atoms with Crippen molar-refractivity contribution in [3.63, 3.8) is 0 Å². The molecule has 6 nitrogen and oxygen atoms in total. The van der Waals surface area contributed by atoms with E-state index in [0.29, 0.717) is 52.2 Å². The van der Waals surface area contributed by atoms with Gasteiger partial charge in [-0.2, -0.15) is 0 Å². The number of rotatable bonds is 4. The molecule has 2 aliphatic rings. The van der Waals surface area contributed by atoms with Crippen LogP contribution in [0.3, 0.4) is 0 Å². The van der Waals surface area contributed by atoms with Gasteiger partial charge in [0.2, 0.25) is 11.8 Å². The molecule has 0 saturated carbocycles. The molecule has 0 aromatic heterocycles. The molecule has 8 heteroatoms. The molecule has 27 heavy (non-hydrogen) atoms. The maximum absolute atomic E-state index is 13.7. The van der Waals surface area contributed by atoms with E-state index in [0.717, 1.165) is 12.1 Å². The lowest BCUT2D eigenvalue weighted by atomic mass is 9.94. The van der Waals surface area contributed by atoms with Crippen LogP contribution in [0.25, 0.3) is 0 Å². The Morgan fingerprint density at radius 1 is 1.15 bits per heavy atom. The molecule has 2 heterocycles. The molecule has 0 bridgehead atoms. The van der Waals surface area contributed by atoms with Gasteiger partial charge in [0.15, 0.2) is 0 Å². The van der Waals surface area contributed by atoms with Crippen LogP contribution in [0.4, 0.5) is 14.5 Å². The first-order chi connectivity index (χ1) is 13.0. The van der Waals surface area contributed by atoms with Crippen molar-refractivity contribution in [1.82, 2.24) is 9.80 Å². The fourth-order valence-corrected chi connectivity index (χ4v) is 3.57. The summed E-state index contributed by atoms with van der Waals surface area (Å²) in [5, 5.41) is 2.51. The Kier molecular flexibility index (Phi) is 6.38. The molecule has 2 aliphatic heterocycles. The summed E-state index contributed by atoms with van der Waals surface area (Å²) in [5.41, 5.74) is -0.0365. The van der Waals surface area contributed by atoms with E-state index in [2.05, 4.69) is 5.32 Å². The molecule has 1 aromatic carbocycles. The van der Waals surface area contributed by atoms with Crippen molar-refractivity contribution in [1.29, 1.82) is 0 Å². The van der Waals surface area contributed by atoms with Crippen LogP contribution in [0, 0.1) is 17.6 Å². The number of ether oxygens (including phenoxy) is 1. The smallest absolute Gasteiger partial charge is 0.241 e. The maximum atomic E-state index is 13.7. The van der Waals surface area contributed by atoms with Crippen LogP contribution in [-0.2, 0) is 14.3 Å². The number of benzene rings is 1. The van der Waals surface area contributed by atoms with Gasteiger partial charge in [-0.15, -0.1) is 0 Å². The molecule has 1 aromatic rings. The Morgan fingerprint density at radius 3 is 2.44 bits per heavy atom. The standard InChI is InChI=1S/C19H25F2N3O3/c1-13(18(25)22-17-3-2-15(20)12-16(17)21)23-6-4-14(5-7-23)19(26)24-8-10-27-11-9-24/h2-3,12-14H,4-11H2,1H3,(H,22,25)/t13-/m1/s1. The Labute approximate surface area is 157 Å². The highest BCUT2D eigenvalue weighted by atomic mass is 19.1. The molecule has 2 fully saturated rings. The number of nitrogens with zero attached hydrogens (tertiary/aromatic N) is 2. The molecule has 1 N–H and O–H groups in total. The number of carbonyl (C=O) groups excluding carboxylic acids is 2. The van der Waals surface area contributed by atoms with Crippen LogP contribution >= 0.6 is 0 Å². The highest BCUT2D eigenvalue weighted by molar-refractivity contribution is 5.94. The minimum absolute atomic E-state index is 0.0239. The molecular weight excluding hydrogens is 356 g/mol. The average molecular weight is 381 g/mol. The van der Waals surface area contributed by atoms with E-state index in [-0.39, 0.29) is 23.4 Å². The van der Waals surface area contributed by atoms with Crippen LogP contribution in [0.2, 0.25) is 0 Å². The van der Waals surface area contributed by atoms with E-state index >= 15 is 0 Å². The molecule has 148 valence electrons. The Hall–Kier alpha value is -2.06. The minimum atomic E-state index is -0.801. The average Bonchev–Trinajstić information content (AvgIpc) is 2.69. The molecule has 1 atom stereocenters. The Bertz CT molecular complexity index is 687. The van der Waals surface area contributed by atoms with Crippen molar-refractivity contribution in [3.8, 4) is 0 Å². The number of anilines is 1. The summed E-state index contributed by atoms with van der Waals surface area (Å²) in [5.74, 6) is -1.69. The molecule has 2 saturated heterocycles. The summed E-state index contributed by atoms with van der Waals surface area (Å²) in [6.07, 6.45) is 1.39. The van der Waals surface area contributed by atoms with Gasteiger partial charge in [-0.05, 0) is 45.0 Å². The second-order valence-electron chi connectivity index (χ2n) is 7.04. The van der Waals surface area contributed by atoms with Crippen LogP contribution in [0.1, 0.15) is 19.8 Å². The second-order valence-corrected chi connectivity index (χ2v) is 7.04. The van der Waals surface area contributed by atoms with Crippen LogP contribution < -0.4 is 5.32 Å². The summed E-state index contributed by atoms with van der Waals surface area (Å²) in [6.45, 7) is 5.45. The lowest BCUT2D eigenvalue weighted by Crippen LogP contribution is -2.50. The van der Waals surface area contributed by atoms with Crippen molar-refractivity contribution in [2.45, 2.75) is 25.8 Å². The van der Waals surface area contributed by atoms with Crippen LogP contribution in [-0.4, -0.2) is 67.0 Å². The van der Waals surface area contributed by atoms with Gasteiger partial charge in [0.05, 0.1) is 24.9 Å². The predicted molar refractivity (Wildman–Crippen MR) is 96.1 cm³/mol. The summed E-state index contributed by atoms with van der Waals surface area (Å²) >= 11 is 0. The number of morpholine rings is 1. The summed E-state index contributed by atoms with van der Waals surface area (Å²) < 4.78 is 32.0. The number of hydrogen-bond acceptors (Lipinski definition) is 4. The predicted octanol–water partition coefficient (Wildman–Crippen LogP) is 1.86. The zero-order chi connectivity index (χ0) is 19.4. The number of amides is 2. The van der Waals surface area contributed by atoms with Gasteiger partial charge in [-0.3, -0.25) is 14.5 Å². The minimum Gasteiger partial charge on any atom is -0.378 e. The molecule has 2 amide bonds. The normalized spacial score (nSPS) is 20.3. The highest BCUT2D eigenvalue weighted by Gasteiger charge is 2.32. The van der Waals surface area contributed by atoms with Gasteiger partial charge < -0.3 is 15.0 Å². The van der Waals surface area contributed by atoms with Crippen molar-refractivity contribution in [2.24, 2.45) is 5.92 Å². The van der Waals surface area contributed by atoms with Gasteiger partial charge in [0.1, 0.15) is 11.6 Å². The van der Waals surface area contributed by atoms with E-state index in [1.165, 1.54) is 6.07 Å². The number of likely N-dealkylation sites (tertiary alicyclic amines) is 1. The monoisotopic (exact) mass is 381 g/mol. The molecule has 0 aliphatic carbocycles. The number of hydrogen-bond donors (Lipinski definition) is 1. The van der Waals surface area contributed by atoms with E-state index in [1.807, 2.05) is 9.80 Å². The number of nitrogens with one attached hydrogen (secondary N) is 1. The molecule has 0 unspecified atom stereocenters. The summed E-state index contributed by atoms with van der Waals surface area (Å²) in [4.78, 5) is 28.8.